The molecule has 1 aromatic heterocycles. The van der Waals surface area contributed by atoms with Crippen LogP contribution in [0.15, 0.2) is 30.5 Å². The molecule has 0 saturated heterocycles. The fourth-order valence-corrected chi connectivity index (χ4v) is 1.63. The first-order valence-electron chi connectivity index (χ1n) is 5.20. The number of aliphatic hydroxyl groups is 1. The van der Waals surface area contributed by atoms with Crippen molar-refractivity contribution in [2.45, 2.75) is 13.0 Å². The average molecular weight is 218 g/mol. The van der Waals surface area contributed by atoms with Crippen LogP contribution < -0.4 is 5.32 Å². The molecule has 0 spiro atoms. The van der Waals surface area contributed by atoms with Crippen molar-refractivity contribution < 1.29 is 9.90 Å². The maximum Gasteiger partial charge on any atom is 0.252 e. The number of H-pyrrole nitrogens is 1. The number of hydrogen-bond donors (Lipinski definition) is 3. The van der Waals surface area contributed by atoms with Crippen LogP contribution in [0, 0.1) is 0 Å². The fourth-order valence-electron chi connectivity index (χ4n) is 1.63. The summed E-state index contributed by atoms with van der Waals surface area (Å²) in [4.78, 5) is 14.9. The Bertz CT molecular complexity index is 504. The van der Waals surface area contributed by atoms with Crippen LogP contribution in [0.2, 0.25) is 0 Å². The Balaban J connectivity index is 2.32. The van der Waals surface area contributed by atoms with E-state index in [4.69, 9.17) is 5.11 Å². The molecule has 1 unspecified atom stereocenters. The summed E-state index contributed by atoms with van der Waals surface area (Å²) in [6.45, 7) is 1.70. The van der Waals surface area contributed by atoms with E-state index in [0.29, 0.717) is 5.56 Å². The Kier molecular flexibility index (Phi) is 2.92. The number of carbonyl (C=O) groups is 1. The molecule has 2 rings (SSSR count). The van der Waals surface area contributed by atoms with Gasteiger partial charge >= 0.3 is 0 Å². The van der Waals surface area contributed by atoms with Crippen LogP contribution in [-0.4, -0.2) is 28.6 Å². The third-order valence-electron chi connectivity index (χ3n) is 2.49. The first-order valence-corrected chi connectivity index (χ1v) is 5.20. The number of aromatic amines is 1. The van der Waals surface area contributed by atoms with Gasteiger partial charge in [0.2, 0.25) is 0 Å². The third kappa shape index (κ3) is 1.92. The first kappa shape index (κ1) is 10.7. The van der Waals surface area contributed by atoms with Gasteiger partial charge in [0.25, 0.3) is 5.91 Å². The monoisotopic (exact) mass is 218 g/mol. The van der Waals surface area contributed by atoms with E-state index in [2.05, 4.69) is 10.3 Å². The molecule has 0 aliphatic heterocycles. The van der Waals surface area contributed by atoms with Crippen LogP contribution in [0.4, 0.5) is 0 Å². The maximum absolute atomic E-state index is 11.9. The van der Waals surface area contributed by atoms with Crippen molar-refractivity contribution in [1.82, 2.24) is 10.3 Å². The number of nitrogens with one attached hydrogen (secondary N) is 2. The summed E-state index contributed by atoms with van der Waals surface area (Å²) in [6.07, 6.45) is 1.80. The minimum atomic E-state index is -0.235. The van der Waals surface area contributed by atoms with E-state index in [9.17, 15) is 4.79 Å². The molecule has 16 heavy (non-hydrogen) atoms. The Hall–Kier alpha value is -1.81. The van der Waals surface area contributed by atoms with E-state index in [1.165, 1.54) is 0 Å². The van der Waals surface area contributed by atoms with Gasteiger partial charge < -0.3 is 15.4 Å². The van der Waals surface area contributed by atoms with Gasteiger partial charge in [0.1, 0.15) is 0 Å². The van der Waals surface area contributed by atoms with Gasteiger partial charge in [-0.3, -0.25) is 4.79 Å². The lowest BCUT2D eigenvalue weighted by Gasteiger charge is -2.11. The number of rotatable bonds is 3. The van der Waals surface area contributed by atoms with E-state index in [-0.39, 0.29) is 18.6 Å². The zero-order chi connectivity index (χ0) is 11.5. The Labute approximate surface area is 93.3 Å². The summed E-state index contributed by atoms with van der Waals surface area (Å²) in [6, 6.07) is 7.16. The molecule has 0 fully saturated rings. The highest BCUT2D eigenvalue weighted by Gasteiger charge is 2.12. The van der Waals surface area contributed by atoms with Gasteiger partial charge in [-0.25, -0.2) is 0 Å². The second kappa shape index (κ2) is 4.37. The Morgan fingerprint density at radius 1 is 1.50 bits per heavy atom. The molecule has 4 nitrogen and oxygen atoms in total. The van der Waals surface area contributed by atoms with Crippen molar-refractivity contribution in [2.24, 2.45) is 0 Å². The molecule has 1 amide bonds. The highest BCUT2D eigenvalue weighted by molar-refractivity contribution is 6.06. The lowest BCUT2D eigenvalue weighted by Crippen LogP contribution is -2.35. The van der Waals surface area contributed by atoms with E-state index < -0.39 is 0 Å². The van der Waals surface area contributed by atoms with Crippen molar-refractivity contribution in [3.8, 4) is 0 Å². The molecule has 3 N–H and O–H groups in total. The van der Waals surface area contributed by atoms with E-state index in [1.807, 2.05) is 18.2 Å². The van der Waals surface area contributed by atoms with Crippen LogP contribution in [0.1, 0.15) is 17.3 Å². The van der Waals surface area contributed by atoms with Crippen molar-refractivity contribution in [3.05, 3.63) is 36.0 Å². The number of carbonyl (C=O) groups excluding carboxylic acids is 1. The van der Waals surface area contributed by atoms with Crippen molar-refractivity contribution in [2.75, 3.05) is 6.61 Å². The second-order valence-corrected chi connectivity index (χ2v) is 3.80. The molecule has 0 aliphatic rings. The number of fused-ring (bicyclic) bond motifs is 1. The largest absolute Gasteiger partial charge is 0.394 e. The summed E-state index contributed by atoms with van der Waals surface area (Å²) in [5, 5.41) is 12.5. The standard InChI is InChI=1S/C12H14N2O2/c1-8(7-15)14-12(16)10-3-2-4-11-9(10)5-6-13-11/h2-6,8,13,15H,7H2,1H3,(H,14,16). The Morgan fingerprint density at radius 3 is 3.06 bits per heavy atom. The van der Waals surface area contributed by atoms with Crippen LogP contribution >= 0.6 is 0 Å². The third-order valence-corrected chi connectivity index (χ3v) is 2.49. The number of aromatic nitrogens is 1. The quantitative estimate of drug-likeness (QED) is 0.726. The molecule has 0 radical (unpaired) electrons. The zero-order valence-corrected chi connectivity index (χ0v) is 9.03. The molecule has 0 bridgehead atoms. The minimum absolute atomic E-state index is 0.0607. The van der Waals surface area contributed by atoms with E-state index in [1.54, 1.807) is 19.2 Å². The van der Waals surface area contributed by atoms with Gasteiger partial charge in [-0.1, -0.05) is 6.07 Å². The molecule has 1 aromatic carbocycles. The van der Waals surface area contributed by atoms with Gasteiger partial charge in [-0.05, 0) is 25.1 Å². The van der Waals surface area contributed by atoms with Gasteiger partial charge in [-0.2, -0.15) is 0 Å². The van der Waals surface area contributed by atoms with Crippen LogP contribution in [0.3, 0.4) is 0 Å². The topological polar surface area (TPSA) is 65.1 Å². The predicted octanol–water partition coefficient (Wildman–Crippen LogP) is 1.28. The van der Waals surface area contributed by atoms with Crippen molar-refractivity contribution in [1.29, 1.82) is 0 Å². The summed E-state index contributed by atoms with van der Waals surface area (Å²) in [7, 11) is 0. The maximum atomic E-state index is 11.9. The van der Waals surface area contributed by atoms with Crippen LogP contribution in [0.5, 0.6) is 0 Å². The molecular formula is C12H14N2O2. The SMILES string of the molecule is CC(CO)NC(=O)c1cccc2[nH]ccc12. The first-order chi connectivity index (χ1) is 7.72. The van der Waals surface area contributed by atoms with Crippen molar-refractivity contribution in [3.63, 3.8) is 0 Å². The van der Waals surface area contributed by atoms with Gasteiger partial charge in [-0.15, -0.1) is 0 Å². The molecule has 0 saturated carbocycles. The number of amides is 1. The Morgan fingerprint density at radius 2 is 2.31 bits per heavy atom. The number of benzene rings is 1. The van der Waals surface area contributed by atoms with Gasteiger partial charge in [0.15, 0.2) is 0 Å². The molecule has 84 valence electrons. The van der Waals surface area contributed by atoms with E-state index in [0.717, 1.165) is 10.9 Å². The molecule has 2 aromatic rings. The summed E-state index contributed by atoms with van der Waals surface area (Å²) in [5.74, 6) is -0.160. The molecule has 1 atom stereocenters. The number of hydrogen-bond acceptors (Lipinski definition) is 2. The predicted molar refractivity (Wildman–Crippen MR) is 62.3 cm³/mol. The highest BCUT2D eigenvalue weighted by Crippen LogP contribution is 2.17. The zero-order valence-electron chi connectivity index (χ0n) is 9.03. The van der Waals surface area contributed by atoms with Gasteiger partial charge in [0, 0.05) is 28.7 Å². The molecule has 1 heterocycles. The number of aliphatic hydroxyl groups excluding tert-OH is 1. The minimum Gasteiger partial charge on any atom is -0.394 e. The van der Waals surface area contributed by atoms with Crippen LogP contribution in [0.25, 0.3) is 10.9 Å². The van der Waals surface area contributed by atoms with Crippen molar-refractivity contribution >= 4 is 16.8 Å². The molecule has 4 heteroatoms. The molecular weight excluding hydrogens is 204 g/mol. The summed E-state index contributed by atoms with van der Waals surface area (Å²) < 4.78 is 0. The van der Waals surface area contributed by atoms with Crippen LogP contribution in [-0.2, 0) is 0 Å². The average Bonchev–Trinajstić information content (AvgIpc) is 2.76. The lowest BCUT2D eigenvalue weighted by molar-refractivity contribution is 0.0924. The fraction of sp³-hybridized carbons (Fsp3) is 0.250. The normalized spacial score (nSPS) is 12.6. The summed E-state index contributed by atoms with van der Waals surface area (Å²) >= 11 is 0. The summed E-state index contributed by atoms with van der Waals surface area (Å²) in [5.41, 5.74) is 1.56. The smallest absolute Gasteiger partial charge is 0.252 e. The lowest BCUT2D eigenvalue weighted by atomic mass is 10.1. The second-order valence-electron chi connectivity index (χ2n) is 3.80. The van der Waals surface area contributed by atoms with E-state index >= 15 is 0 Å². The molecule has 0 aliphatic carbocycles. The van der Waals surface area contributed by atoms with Gasteiger partial charge in [0.05, 0.1) is 6.61 Å². The highest BCUT2D eigenvalue weighted by atomic mass is 16.3.